The Hall–Kier alpha value is -3.35. The first-order chi connectivity index (χ1) is 16.0. The zero-order valence-corrected chi connectivity index (χ0v) is 20.5. The highest BCUT2D eigenvalue weighted by atomic mass is 16.2. The fourth-order valence-electron chi connectivity index (χ4n) is 3.68. The van der Waals surface area contributed by atoms with Crippen molar-refractivity contribution >= 4 is 29.5 Å². The van der Waals surface area contributed by atoms with E-state index in [1.807, 2.05) is 20.8 Å². The van der Waals surface area contributed by atoms with E-state index in [1.165, 1.54) is 18.0 Å². The van der Waals surface area contributed by atoms with Crippen LogP contribution in [0.5, 0.6) is 0 Å². The number of nitrogens with one attached hydrogen (secondary N) is 4. The van der Waals surface area contributed by atoms with Gasteiger partial charge in [-0.05, 0) is 31.1 Å². The summed E-state index contributed by atoms with van der Waals surface area (Å²) < 4.78 is 0. The summed E-state index contributed by atoms with van der Waals surface area (Å²) in [5, 5.41) is 10.2. The molecule has 10 nitrogen and oxygen atoms in total. The number of carbonyl (C=O) groups is 5. The Balaban J connectivity index is 3.04. The molecule has 1 rings (SSSR count). The molecule has 1 heterocycles. The van der Waals surface area contributed by atoms with Gasteiger partial charge in [-0.3, -0.25) is 19.2 Å². The number of carbonyl (C=O) groups excluding carboxylic acids is 5. The van der Waals surface area contributed by atoms with Crippen molar-refractivity contribution in [3.8, 4) is 12.3 Å². The maximum absolute atomic E-state index is 13.4. The zero-order chi connectivity index (χ0) is 25.9. The molecule has 0 aromatic rings. The predicted octanol–water partition coefficient (Wildman–Crippen LogP) is 0.481. The van der Waals surface area contributed by atoms with Gasteiger partial charge in [0.1, 0.15) is 12.1 Å². The van der Waals surface area contributed by atoms with Crippen molar-refractivity contribution in [2.45, 2.75) is 71.0 Å². The second-order valence-electron chi connectivity index (χ2n) is 9.23. The summed E-state index contributed by atoms with van der Waals surface area (Å²) in [5.41, 5.74) is -0.607. The molecule has 188 valence electrons. The van der Waals surface area contributed by atoms with Crippen LogP contribution in [0.2, 0.25) is 0 Å². The molecule has 4 N–H and O–H groups in total. The average Bonchev–Trinajstić information content (AvgIpc) is 3.28. The molecule has 0 aromatic carbocycles. The lowest BCUT2D eigenvalue weighted by Crippen LogP contribution is -2.59. The van der Waals surface area contributed by atoms with E-state index >= 15 is 0 Å². The Labute approximate surface area is 201 Å². The topological polar surface area (TPSA) is 137 Å². The SMILES string of the molecule is C#CCCCC(NC(=O)C1CCCN1C(=O)C(NC(=O)NC)C(C)(C)C)C(=O)C(=O)NCC=C. The normalized spacial score (nSPS) is 17.0. The summed E-state index contributed by atoms with van der Waals surface area (Å²) in [6.45, 7) is 9.41. The molecule has 3 atom stereocenters. The molecule has 1 saturated heterocycles. The van der Waals surface area contributed by atoms with Crippen molar-refractivity contribution in [1.82, 2.24) is 26.2 Å². The number of likely N-dealkylation sites (tertiary alicyclic amines) is 1. The molecule has 34 heavy (non-hydrogen) atoms. The van der Waals surface area contributed by atoms with Crippen LogP contribution in [0.15, 0.2) is 12.7 Å². The third-order valence-corrected chi connectivity index (χ3v) is 5.53. The van der Waals surface area contributed by atoms with E-state index in [9.17, 15) is 24.0 Å². The van der Waals surface area contributed by atoms with Crippen LogP contribution in [0.3, 0.4) is 0 Å². The van der Waals surface area contributed by atoms with Gasteiger partial charge >= 0.3 is 6.03 Å². The number of urea groups is 1. The molecule has 0 bridgehead atoms. The molecule has 5 amide bonds. The smallest absolute Gasteiger partial charge is 0.315 e. The maximum atomic E-state index is 13.4. The van der Waals surface area contributed by atoms with Crippen LogP contribution in [-0.4, -0.2) is 72.7 Å². The van der Waals surface area contributed by atoms with Crippen LogP contribution >= 0.6 is 0 Å². The van der Waals surface area contributed by atoms with Crippen molar-refractivity contribution in [2.24, 2.45) is 5.41 Å². The standard InChI is InChI=1S/C24H37N5O5/c1-7-9-10-12-16(18(30)21(32)26-14-8-2)27-20(31)17-13-11-15-29(17)22(33)19(24(3,4)5)28-23(34)25-6/h1,8,16-17,19H,2,9-15H2,3-6H3,(H,26,32)(H,27,31)(H2,25,28,34). The Bertz CT molecular complexity index is 827. The van der Waals surface area contributed by atoms with Crippen LogP contribution in [0.25, 0.3) is 0 Å². The van der Waals surface area contributed by atoms with Crippen molar-refractivity contribution < 1.29 is 24.0 Å². The molecule has 1 aliphatic rings. The number of amides is 5. The maximum Gasteiger partial charge on any atom is 0.315 e. The predicted molar refractivity (Wildman–Crippen MR) is 128 cm³/mol. The lowest BCUT2D eigenvalue weighted by molar-refractivity contribution is -0.143. The monoisotopic (exact) mass is 475 g/mol. The number of rotatable bonds is 11. The summed E-state index contributed by atoms with van der Waals surface area (Å²) in [6.07, 6.45) is 8.75. The Morgan fingerprint density at radius 3 is 2.44 bits per heavy atom. The Morgan fingerprint density at radius 2 is 1.88 bits per heavy atom. The van der Waals surface area contributed by atoms with E-state index in [4.69, 9.17) is 6.42 Å². The van der Waals surface area contributed by atoms with Gasteiger partial charge in [0.05, 0.1) is 6.04 Å². The molecule has 1 aliphatic heterocycles. The molecule has 0 spiro atoms. The summed E-state index contributed by atoms with van der Waals surface area (Å²) in [7, 11) is 1.45. The molecule has 0 radical (unpaired) electrons. The highest BCUT2D eigenvalue weighted by molar-refractivity contribution is 6.38. The second-order valence-corrected chi connectivity index (χ2v) is 9.23. The van der Waals surface area contributed by atoms with Crippen LogP contribution in [0.4, 0.5) is 4.79 Å². The summed E-state index contributed by atoms with van der Waals surface area (Å²) in [5.74, 6) is -0.0354. The van der Waals surface area contributed by atoms with Crippen LogP contribution in [0.1, 0.15) is 52.9 Å². The third kappa shape index (κ3) is 8.21. The summed E-state index contributed by atoms with van der Waals surface area (Å²) in [4.78, 5) is 64.7. The van der Waals surface area contributed by atoms with Crippen LogP contribution in [0, 0.1) is 17.8 Å². The van der Waals surface area contributed by atoms with Gasteiger partial charge in [0.25, 0.3) is 5.91 Å². The van der Waals surface area contributed by atoms with Crippen molar-refractivity contribution in [3.63, 3.8) is 0 Å². The highest BCUT2D eigenvalue weighted by Crippen LogP contribution is 2.26. The fraction of sp³-hybridized carbons (Fsp3) is 0.625. The molecular weight excluding hydrogens is 438 g/mol. The quantitative estimate of drug-likeness (QED) is 0.149. The first kappa shape index (κ1) is 28.7. The van der Waals surface area contributed by atoms with Gasteiger partial charge in [-0.25, -0.2) is 4.79 Å². The number of hydrogen-bond acceptors (Lipinski definition) is 5. The number of ketones is 1. The van der Waals surface area contributed by atoms with E-state index < -0.39 is 47.2 Å². The summed E-state index contributed by atoms with van der Waals surface area (Å²) in [6, 6.07) is -3.24. The molecule has 0 saturated carbocycles. The average molecular weight is 476 g/mol. The molecule has 1 fully saturated rings. The first-order valence-corrected chi connectivity index (χ1v) is 11.4. The minimum Gasteiger partial charge on any atom is -0.346 e. The molecular formula is C24H37N5O5. The van der Waals surface area contributed by atoms with Crippen molar-refractivity contribution in [1.29, 1.82) is 0 Å². The van der Waals surface area contributed by atoms with Crippen molar-refractivity contribution in [2.75, 3.05) is 20.1 Å². The van der Waals surface area contributed by atoms with Crippen LogP contribution < -0.4 is 21.3 Å². The van der Waals surface area contributed by atoms with E-state index in [2.05, 4.69) is 33.8 Å². The number of Topliss-reactive ketones (excluding diaryl/α,β-unsaturated/α-hetero) is 1. The largest absolute Gasteiger partial charge is 0.346 e. The third-order valence-electron chi connectivity index (χ3n) is 5.53. The Morgan fingerprint density at radius 1 is 1.21 bits per heavy atom. The van der Waals surface area contributed by atoms with Gasteiger partial charge in [-0.2, -0.15) is 0 Å². The number of terminal acetylenes is 1. The fourth-order valence-corrected chi connectivity index (χ4v) is 3.68. The zero-order valence-electron chi connectivity index (χ0n) is 20.5. The second kappa shape index (κ2) is 13.4. The van der Waals surface area contributed by atoms with Crippen molar-refractivity contribution in [3.05, 3.63) is 12.7 Å². The molecule has 0 aromatic heterocycles. The van der Waals surface area contributed by atoms with Gasteiger partial charge in [0.2, 0.25) is 17.6 Å². The van der Waals surface area contributed by atoms with E-state index in [0.717, 1.165) is 0 Å². The van der Waals surface area contributed by atoms with Gasteiger partial charge in [-0.1, -0.05) is 26.8 Å². The summed E-state index contributed by atoms with van der Waals surface area (Å²) >= 11 is 0. The van der Waals surface area contributed by atoms with E-state index in [0.29, 0.717) is 32.2 Å². The molecule has 10 heteroatoms. The lowest BCUT2D eigenvalue weighted by Gasteiger charge is -2.35. The van der Waals surface area contributed by atoms with Gasteiger partial charge in [0, 0.05) is 26.6 Å². The van der Waals surface area contributed by atoms with Crippen LogP contribution in [-0.2, 0) is 19.2 Å². The van der Waals surface area contributed by atoms with Gasteiger partial charge in [0.15, 0.2) is 0 Å². The van der Waals surface area contributed by atoms with Gasteiger partial charge < -0.3 is 26.2 Å². The highest BCUT2D eigenvalue weighted by Gasteiger charge is 2.42. The number of hydrogen-bond donors (Lipinski definition) is 4. The molecule has 0 aliphatic carbocycles. The first-order valence-electron chi connectivity index (χ1n) is 11.4. The van der Waals surface area contributed by atoms with E-state index in [1.54, 1.807) is 0 Å². The number of unbranched alkanes of at least 4 members (excludes halogenated alkanes) is 1. The molecule has 3 unspecified atom stereocenters. The minimum atomic E-state index is -1.06. The van der Waals surface area contributed by atoms with Gasteiger partial charge in [-0.15, -0.1) is 18.9 Å². The minimum absolute atomic E-state index is 0.118. The van der Waals surface area contributed by atoms with E-state index in [-0.39, 0.29) is 18.9 Å². The Kier molecular flexibility index (Phi) is 11.3. The lowest BCUT2D eigenvalue weighted by atomic mass is 9.85. The number of nitrogens with zero attached hydrogens (tertiary/aromatic N) is 1.